The number of fused-ring (bicyclic) bond motifs is 1. The number of carbonyl (C=O) groups is 1. The standard InChI is InChI=1S/C16H16ClN5O/c17-15-14(22-9-2-1-6-13(22)19-15)16(23)21-10-3-5-12(21)11-20-8-4-7-18-20/h1-2,4,6-9,12H,3,5,10-11H2/t12-/m0/s1. The summed E-state index contributed by atoms with van der Waals surface area (Å²) in [6, 6.07) is 7.61. The fourth-order valence-electron chi connectivity index (χ4n) is 3.21. The zero-order valence-electron chi connectivity index (χ0n) is 12.5. The van der Waals surface area contributed by atoms with Gasteiger partial charge >= 0.3 is 0 Å². The van der Waals surface area contributed by atoms with Crippen molar-refractivity contribution in [1.29, 1.82) is 0 Å². The first-order chi connectivity index (χ1) is 11.2. The normalized spacial score (nSPS) is 18.0. The topological polar surface area (TPSA) is 55.4 Å². The summed E-state index contributed by atoms with van der Waals surface area (Å²) < 4.78 is 3.63. The second-order valence-corrected chi connectivity index (χ2v) is 6.06. The zero-order valence-corrected chi connectivity index (χ0v) is 13.2. The summed E-state index contributed by atoms with van der Waals surface area (Å²) in [5.41, 5.74) is 1.12. The molecule has 1 atom stereocenters. The number of halogens is 1. The highest BCUT2D eigenvalue weighted by Crippen LogP contribution is 2.25. The average molecular weight is 330 g/mol. The van der Waals surface area contributed by atoms with Crippen molar-refractivity contribution in [2.45, 2.75) is 25.4 Å². The van der Waals surface area contributed by atoms with Crippen molar-refractivity contribution in [3.8, 4) is 0 Å². The third-order valence-corrected chi connectivity index (χ3v) is 4.55. The number of nitrogens with zero attached hydrogens (tertiary/aromatic N) is 5. The second-order valence-electron chi connectivity index (χ2n) is 5.70. The van der Waals surface area contributed by atoms with Crippen molar-refractivity contribution in [1.82, 2.24) is 24.1 Å². The Morgan fingerprint density at radius 3 is 3.04 bits per heavy atom. The van der Waals surface area contributed by atoms with Crippen molar-refractivity contribution in [2.24, 2.45) is 0 Å². The average Bonchev–Trinajstić information content (AvgIpc) is 3.26. The van der Waals surface area contributed by atoms with Gasteiger partial charge in [-0.1, -0.05) is 17.7 Å². The number of likely N-dealkylation sites (tertiary alicyclic amines) is 1. The predicted molar refractivity (Wildman–Crippen MR) is 86.5 cm³/mol. The highest BCUT2D eigenvalue weighted by molar-refractivity contribution is 6.32. The van der Waals surface area contributed by atoms with Gasteiger partial charge in [0.1, 0.15) is 5.65 Å². The van der Waals surface area contributed by atoms with E-state index in [1.54, 1.807) is 10.6 Å². The number of amides is 1. The molecule has 0 unspecified atom stereocenters. The van der Waals surface area contributed by atoms with E-state index in [0.717, 1.165) is 19.4 Å². The summed E-state index contributed by atoms with van der Waals surface area (Å²) in [7, 11) is 0. The summed E-state index contributed by atoms with van der Waals surface area (Å²) in [4.78, 5) is 19.2. The first-order valence-corrected chi connectivity index (χ1v) is 8.03. The third kappa shape index (κ3) is 2.49. The molecule has 1 saturated heterocycles. The van der Waals surface area contributed by atoms with Crippen LogP contribution in [-0.2, 0) is 6.54 Å². The van der Waals surface area contributed by atoms with Crippen molar-refractivity contribution < 1.29 is 4.79 Å². The van der Waals surface area contributed by atoms with Crippen LogP contribution in [0.3, 0.4) is 0 Å². The van der Waals surface area contributed by atoms with Gasteiger partial charge in [0, 0.05) is 25.1 Å². The lowest BCUT2D eigenvalue weighted by molar-refractivity contribution is 0.0715. The van der Waals surface area contributed by atoms with Crippen LogP contribution in [0.1, 0.15) is 23.3 Å². The van der Waals surface area contributed by atoms with E-state index in [2.05, 4.69) is 10.1 Å². The highest BCUT2D eigenvalue weighted by atomic mass is 35.5. The number of hydrogen-bond acceptors (Lipinski definition) is 3. The molecule has 0 spiro atoms. The fraction of sp³-hybridized carbons (Fsp3) is 0.312. The summed E-state index contributed by atoms with van der Waals surface area (Å²) >= 11 is 6.23. The maximum Gasteiger partial charge on any atom is 0.274 e. The van der Waals surface area contributed by atoms with E-state index >= 15 is 0 Å². The largest absolute Gasteiger partial charge is 0.332 e. The van der Waals surface area contributed by atoms with E-state index in [-0.39, 0.29) is 17.1 Å². The maximum atomic E-state index is 13.0. The Kier molecular flexibility index (Phi) is 3.53. The molecule has 23 heavy (non-hydrogen) atoms. The predicted octanol–water partition coefficient (Wildman–Crippen LogP) is 2.49. The van der Waals surface area contributed by atoms with E-state index in [1.807, 2.05) is 46.2 Å². The van der Waals surface area contributed by atoms with Crippen molar-refractivity contribution in [3.05, 3.63) is 53.7 Å². The number of carbonyl (C=O) groups excluding carboxylic acids is 1. The van der Waals surface area contributed by atoms with Gasteiger partial charge in [-0.2, -0.15) is 5.10 Å². The Bertz CT molecular complexity index is 841. The van der Waals surface area contributed by atoms with Crippen LogP contribution in [0.4, 0.5) is 0 Å². The summed E-state index contributed by atoms with van der Waals surface area (Å²) in [5.74, 6) is -0.0663. The van der Waals surface area contributed by atoms with Gasteiger partial charge in [-0.3, -0.25) is 13.9 Å². The Hall–Kier alpha value is -2.34. The molecule has 1 fully saturated rings. The molecule has 118 valence electrons. The molecular weight excluding hydrogens is 314 g/mol. The van der Waals surface area contributed by atoms with Gasteiger partial charge < -0.3 is 4.90 Å². The maximum absolute atomic E-state index is 13.0. The van der Waals surface area contributed by atoms with Gasteiger partial charge in [-0.05, 0) is 31.0 Å². The summed E-state index contributed by atoms with van der Waals surface area (Å²) in [6.45, 7) is 1.44. The molecular formula is C16H16ClN5O. The van der Waals surface area contributed by atoms with Crippen LogP contribution in [0.15, 0.2) is 42.9 Å². The molecule has 0 aromatic carbocycles. The van der Waals surface area contributed by atoms with Crippen LogP contribution in [0.25, 0.3) is 5.65 Å². The van der Waals surface area contributed by atoms with Gasteiger partial charge in [-0.25, -0.2) is 4.98 Å². The lowest BCUT2D eigenvalue weighted by atomic mass is 10.2. The van der Waals surface area contributed by atoms with Gasteiger partial charge in [0.25, 0.3) is 5.91 Å². The minimum Gasteiger partial charge on any atom is -0.332 e. The van der Waals surface area contributed by atoms with Crippen molar-refractivity contribution >= 4 is 23.2 Å². The fourth-order valence-corrected chi connectivity index (χ4v) is 3.47. The summed E-state index contributed by atoms with van der Waals surface area (Å²) in [5, 5.41) is 4.49. The molecule has 0 radical (unpaired) electrons. The lowest BCUT2D eigenvalue weighted by Crippen LogP contribution is -2.38. The molecule has 1 aliphatic heterocycles. The molecule has 1 amide bonds. The molecule has 6 nitrogen and oxygen atoms in total. The van der Waals surface area contributed by atoms with E-state index in [0.29, 0.717) is 17.9 Å². The Morgan fingerprint density at radius 1 is 1.30 bits per heavy atom. The molecule has 4 heterocycles. The molecule has 3 aromatic heterocycles. The minimum atomic E-state index is -0.0663. The molecule has 4 rings (SSSR count). The van der Waals surface area contributed by atoms with E-state index in [9.17, 15) is 4.79 Å². The molecule has 3 aromatic rings. The van der Waals surface area contributed by atoms with Crippen LogP contribution < -0.4 is 0 Å². The van der Waals surface area contributed by atoms with Crippen LogP contribution >= 0.6 is 11.6 Å². The van der Waals surface area contributed by atoms with Crippen LogP contribution in [0.5, 0.6) is 0 Å². The SMILES string of the molecule is O=C(c1c(Cl)nc2ccccn12)N1CCC[C@H]1Cn1cccn1. The van der Waals surface area contributed by atoms with Crippen LogP contribution in [-0.4, -0.2) is 42.6 Å². The Labute approximate surface area is 138 Å². The molecule has 1 aliphatic rings. The lowest BCUT2D eigenvalue weighted by Gasteiger charge is -2.24. The Balaban J connectivity index is 1.65. The van der Waals surface area contributed by atoms with Crippen molar-refractivity contribution in [3.63, 3.8) is 0 Å². The number of hydrogen-bond donors (Lipinski definition) is 0. The molecule has 7 heteroatoms. The zero-order chi connectivity index (χ0) is 15.8. The summed E-state index contributed by atoms with van der Waals surface area (Å²) in [6.07, 6.45) is 7.46. The smallest absolute Gasteiger partial charge is 0.274 e. The van der Waals surface area contributed by atoms with Gasteiger partial charge in [0.2, 0.25) is 0 Å². The quantitative estimate of drug-likeness (QED) is 0.742. The van der Waals surface area contributed by atoms with Gasteiger partial charge in [0.05, 0.1) is 12.6 Å². The molecule has 0 saturated carbocycles. The van der Waals surface area contributed by atoms with E-state index < -0.39 is 0 Å². The number of rotatable bonds is 3. The third-order valence-electron chi connectivity index (χ3n) is 4.28. The molecule has 0 N–H and O–H groups in total. The van der Waals surface area contributed by atoms with Crippen LogP contribution in [0, 0.1) is 0 Å². The second kappa shape index (κ2) is 5.70. The first-order valence-electron chi connectivity index (χ1n) is 7.65. The molecule has 0 bridgehead atoms. The monoisotopic (exact) mass is 329 g/mol. The van der Waals surface area contributed by atoms with Crippen molar-refractivity contribution in [2.75, 3.05) is 6.54 Å². The Morgan fingerprint density at radius 2 is 2.22 bits per heavy atom. The molecule has 0 aliphatic carbocycles. The van der Waals surface area contributed by atoms with Gasteiger partial charge in [0.15, 0.2) is 10.8 Å². The first kappa shape index (κ1) is 14.3. The number of pyridine rings is 1. The van der Waals surface area contributed by atoms with Crippen LogP contribution in [0.2, 0.25) is 5.15 Å². The highest BCUT2D eigenvalue weighted by Gasteiger charge is 2.32. The number of aromatic nitrogens is 4. The number of imidazole rings is 1. The minimum absolute atomic E-state index is 0.0663. The van der Waals surface area contributed by atoms with E-state index in [1.165, 1.54) is 0 Å². The van der Waals surface area contributed by atoms with Gasteiger partial charge in [-0.15, -0.1) is 0 Å². The van der Waals surface area contributed by atoms with E-state index in [4.69, 9.17) is 11.6 Å².